The van der Waals surface area contributed by atoms with E-state index in [1.54, 1.807) is 11.1 Å². The Morgan fingerprint density at radius 2 is 2.05 bits per heavy atom. The van der Waals surface area contributed by atoms with Crippen molar-refractivity contribution in [2.45, 2.75) is 64.2 Å². The van der Waals surface area contributed by atoms with E-state index in [4.69, 9.17) is 0 Å². The van der Waals surface area contributed by atoms with Crippen LogP contribution in [0.3, 0.4) is 0 Å². The van der Waals surface area contributed by atoms with Gasteiger partial charge in [-0.1, -0.05) is 38.8 Å². The zero-order valence-electron chi connectivity index (χ0n) is 13.8. The van der Waals surface area contributed by atoms with E-state index in [0.29, 0.717) is 0 Å². The van der Waals surface area contributed by atoms with Gasteiger partial charge in [0.2, 0.25) is 0 Å². The summed E-state index contributed by atoms with van der Waals surface area (Å²) in [5, 5.41) is 0. The number of rotatable bonds is 5. The summed E-state index contributed by atoms with van der Waals surface area (Å²) >= 11 is 0. The Morgan fingerprint density at radius 1 is 1.14 bits per heavy atom. The van der Waals surface area contributed by atoms with E-state index < -0.39 is 0 Å². The summed E-state index contributed by atoms with van der Waals surface area (Å²) in [4.78, 5) is 4.41. The first-order chi connectivity index (χ1) is 10.8. The van der Waals surface area contributed by atoms with Crippen molar-refractivity contribution in [3.8, 4) is 11.1 Å². The number of pyridine rings is 1. The molecule has 2 aliphatic carbocycles. The summed E-state index contributed by atoms with van der Waals surface area (Å²) in [5.74, 6) is 0. The van der Waals surface area contributed by atoms with Crippen LogP contribution in [0.5, 0.6) is 0 Å². The number of aryl methyl sites for hydroxylation is 2. The fourth-order valence-corrected chi connectivity index (χ4v) is 4.78. The molecule has 1 nitrogen and oxygen atoms in total. The third-order valence-corrected chi connectivity index (χ3v) is 5.88. The molecule has 0 aliphatic heterocycles. The highest BCUT2D eigenvalue weighted by Crippen LogP contribution is 2.57. The minimum absolute atomic E-state index is 0.283. The number of aromatic nitrogens is 1. The monoisotopic (exact) mass is 291 g/mol. The SMILES string of the molecule is CCCCCc1cc2c3c(c1)-c1cnccc1[C@@]3(CC)CC2. The highest BCUT2D eigenvalue weighted by Gasteiger charge is 2.46. The van der Waals surface area contributed by atoms with Crippen molar-refractivity contribution in [2.75, 3.05) is 0 Å². The van der Waals surface area contributed by atoms with Gasteiger partial charge >= 0.3 is 0 Å². The predicted octanol–water partition coefficient (Wildman–Crippen LogP) is 5.44. The summed E-state index contributed by atoms with van der Waals surface area (Å²) in [6.07, 6.45) is 13.0. The molecule has 0 unspecified atom stereocenters. The van der Waals surface area contributed by atoms with Crippen molar-refractivity contribution in [2.24, 2.45) is 0 Å². The molecule has 1 aromatic heterocycles. The standard InChI is InChI=1S/C21H25N/c1-3-5-6-7-15-12-16-8-10-21(4-2)19-9-11-22-14-18(19)17(13-15)20(16)21/h9,11-14H,3-8,10H2,1-2H3/t21-/m1/s1. The normalized spacial score (nSPS) is 21.0. The average molecular weight is 291 g/mol. The van der Waals surface area contributed by atoms with Crippen LogP contribution in [0.2, 0.25) is 0 Å². The van der Waals surface area contributed by atoms with E-state index in [2.05, 4.69) is 43.2 Å². The lowest BCUT2D eigenvalue weighted by Gasteiger charge is -2.26. The average Bonchev–Trinajstić information content (AvgIpc) is 3.07. The van der Waals surface area contributed by atoms with Crippen LogP contribution in [0.4, 0.5) is 0 Å². The third-order valence-electron chi connectivity index (χ3n) is 5.88. The maximum atomic E-state index is 4.41. The van der Waals surface area contributed by atoms with Crippen LogP contribution in [0.25, 0.3) is 11.1 Å². The first-order valence-electron chi connectivity index (χ1n) is 8.91. The number of fused-ring (bicyclic) bond motifs is 3. The summed E-state index contributed by atoms with van der Waals surface area (Å²) in [7, 11) is 0. The number of hydrogen-bond donors (Lipinski definition) is 0. The molecule has 0 bridgehead atoms. The van der Waals surface area contributed by atoms with Gasteiger partial charge in [-0.2, -0.15) is 0 Å². The number of benzene rings is 1. The van der Waals surface area contributed by atoms with Gasteiger partial charge in [0.25, 0.3) is 0 Å². The lowest BCUT2D eigenvalue weighted by molar-refractivity contribution is 0.503. The Balaban J connectivity index is 1.85. The molecule has 2 aliphatic rings. The van der Waals surface area contributed by atoms with Crippen LogP contribution in [-0.4, -0.2) is 4.98 Å². The first-order valence-corrected chi connectivity index (χ1v) is 8.91. The van der Waals surface area contributed by atoms with E-state index >= 15 is 0 Å². The molecular weight excluding hydrogens is 266 g/mol. The van der Waals surface area contributed by atoms with Crippen LogP contribution in [0, 0.1) is 0 Å². The zero-order valence-corrected chi connectivity index (χ0v) is 13.8. The van der Waals surface area contributed by atoms with E-state index in [1.165, 1.54) is 67.2 Å². The summed E-state index contributed by atoms with van der Waals surface area (Å²) < 4.78 is 0. The van der Waals surface area contributed by atoms with Gasteiger partial charge in [0.1, 0.15) is 0 Å². The molecule has 1 heteroatoms. The van der Waals surface area contributed by atoms with E-state index in [9.17, 15) is 0 Å². The van der Waals surface area contributed by atoms with Gasteiger partial charge in [-0.15, -0.1) is 0 Å². The highest BCUT2D eigenvalue weighted by atomic mass is 14.6. The molecule has 22 heavy (non-hydrogen) atoms. The second-order valence-corrected chi connectivity index (χ2v) is 6.99. The maximum absolute atomic E-state index is 4.41. The smallest absolute Gasteiger partial charge is 0.0349 e. The summed E-state index contributed by atoms with van der Waals surface area (Å²) in [5.41, 5.74) is 9.49. The van der Waals surface area contributed by atoms with Gasteiger partial charge in [-0.3, -0.25) is 4.98 Å². The summed E-state index contributed by atoms with van der Waals surface area (Å²) in [6.45, 7) is 4.63. The number of hydrogen-bond acceptors (Lipinski definition) is 1. The molecule has 0 amide bonds. The molecule has 4 rings (SSSR count). The Bertz CT molecular complexity index is 716. The fraction of sp³-hybridized carbons (Fsp3) is 0.476. The lowest BCUT2D eigenvalue weighted by atomic mass is 9.77. The van der Waals surface area contributed by atoms with Crippen LogP contribution in [0.15, 0.2) is 30.6 Å². The highest BCUT2D eigenvalue weighted by molar-refractivity contribution is 5.83. The van der Waals surface area contributed by atoms with Crippen molar-refractivity contribution in [1.82, 2.24) is 4.98 Å². The van der Waals surface area contributed by atoms with Crippen LogP contribution in [0.1, 0.15) is 68.2 Å². The third kappa shape index (κ3) is 1.81. The molecule has 0 saturated heterocycles. The quantitative estimate of drug-likeness (QED) is 0.669. The second kappa shape index (κ2) is 5.22. The Hall–Kier alpha value is -1.63. The molecule has 0 spiro atoms. The molecule has 1 atom stereocenters. The van der Waals surface area contributed by atoms with Crippen molar-refractivity contribution < 1.29 is 0 Å². The van der Waals surface area contributed by atoms with Crippen LogP contribution < -0.4 is 0 Å². The van der Waals surface area contributed by atoms with Gasteiger partial charge in [0.05, 0.1) is 0 Å². The molecule has 1 aromatic carbocycles. The number of nitrogens with zero attached hydrogens (tertiary/aromatic N) is 1. The first kappa shape index (κ1) is 14.0. The van der Waals surface area contributed by atoms with E-state index in [1.807, 2.05) is 6.20 Å². The van der Waals surface area contributed by atoms with Gasteiger partial charge < -0.3 is 0 Å². The van der Waals surface area contributed by atoms with Crippen LogP contribution in [-0.2, 0) is 18.3 Å². The molecule has 2 aromatic rings. The number of unbranched alkanes of at least 4 members (excludes halogenated alkanes) is 2. The Kier molecular flexibility index (Phi) is 3.32. The second-order valence-electron chi connectivity index (χ2n) is 6.99. The minimum atomic E-state index is 0.283. The van der Waals surface area contributed by atoms with E-state index in [-0.39, 0.29) is 5.41 Å². The predicted molar refractivity (Wildman–Crippen MR) is 92.3 cm³/mol. The van der Waals surface area contributed by atoms with Gasteiger partial charge in [0, 0.05) is 23.4 Å². The molecule has 0 fully saturated rings. The van der Waals surface area contributed by atoms with Crippen molar-refractivity contribution in [3.05, 3.63) is 52.8 Å². The molecule has 0 saturated carbocycles. The van der Waals surface area contributed by atoms with Gasteiger partial charge in [-0.25, -0.2) is 0 Å². The van der Waals surface area contributed by atoms with Crippen LogP contribution >= 0.6 is 0 Å². The Labute approximate surface area is 133 Å². The van der Waals surface area contributed by atoms with Gasteiger partial charge in [0.15, 0.2) is 0 Å². The minimum Gasteiger partial charge on any atom is -0.264 e. The molecule has 0 radical (unpaired) electrons. The summed E-state index contributed by atoms with van der Waals surface area (Å²) in [6, 6.07) is 7.24. The van der Waals surface area contributed by atoms with Crippen molar-refractivity contribution in [3.63, 3.8) is 0 Å². The molecule has 114 valence electrons. The maximum Gasteiger partial charge on any atom is 0.0349 e. The zero-order chi connectivity index (χ0) is 15.2. The molecular formula is C21H25N. The molecule has 0 N–H and O–H groups in total. The van der Waals surface area contributed by atoms with Gasteiger partial charge in [-0.05, 0) is 66.0 Å². The fourth-order valence-electron chi connectivity index (χ4n) is 4.78. The van der Waals surface area contributed by atoms with Crippen molar-refractivity contribution >= 4 is 0 Å². The van der Waals surface area contributed by atoms with Crippen molar-refractivity contribution in [1.29, 1.82) is 0 Å². The molecule has 1 heterocycles. The van der Waals surface area contributed by atoms with E-state index in [0.717, 1.165) is 0 Å². The lowest BCUT2D eigenvalue weighted by Crippen LogP contribution is -2.20. The topological polar surface area (TPSA) is 12.9 Å². The Morgan fingerprint density at radius 3 is 2.86 bits per heavy atom. The largest absolute Gasteiger partial charge is 0.264 e.